The summed E-state index contributed by atoms with van der Waals surface area (Å²) in [5.41, 5.74) is 1.51. The summed E-state index contributed by atoms with van der Waals surface area (Å²) in [5.74, 6) is -0.739. The summed E-state index contributed by atoms with van der Waals surface area (Å²) in [4.78, 5) is 24.2. The maximum absolute atomic E-state index is 12.9. The van der Waals surface area contributed by atoms with Crippen molar-refractivity contribution in [3.8, 4) is 0 Å². The lowest BCUT2D eigenvalue weighted by Crippen LogP contribution is -2.30. The van der Waals surface area contributed by atoms with E-state index >= 15 is 0 Å². The molecule has 9 heteroatoms. The Morgan fingerprint density at radius 2 is 1.74 bits per heavy atom. The maximum Gasteiger partial charge on any atom is 0.240 e. The Labute approximate surface area is 181 Å². The van der Waals surface area contributed by atoms with E-state index in [1.54, 1.807) is 0 Å². The zero-order chi connectivity index (χ0) is 22.3. The molecule has 7 nitrogen and oxygen atoms in total. The first-order valence-corrected chi connectivity index (χ1v) is 11.7. The van der Waals surface area contributed by atoms with Crippen LogP contribution in [0.15, 0.2) is 53.4 Å². The van der Waals surface area contributed by atoms with E-state index in [0.29, 0.717) is 5.69 Å². The van der Waals surface area contributed by atoms with Crippen molar-refractivity contribution < 1.29 is 22.4 Å². The minimum Gasteiger partial charge on any atom is -0.352 e. The molecule has 0 spiro atoms. The summed E-state index contributed by atoms with van der Waals surface area (Å²) in [5, 5.41) is 5.66. The Hall–Kier alpha value is -2.78. The highest BCUT2D eigenvalue weighted by Crippen LogP contribution is 2.26. The molecule has 0 radical (unpaired) electrons. The van der Waals surface area contributed by atoms with Gasteiger partial charge in [0, 0.05) is 31.1 Å². The smallest absolute Gasteiger partial charge is 0.240 e. The molecule has 0 aliphatic heterocycles. The van der Waals surface area contributed by atoms with Crippen LogP contribution in [0.3, 0.4) is 0 Å². The summed E-state index contributed by atoms with van der Waals surface area (Å²) < 4.78 is 39.5. The molecule has 0 bridgehead atoms. The van der Waals surface area contributed by atoms with Gasteiger partial charge in [0.05, 0.1) is 4.90 Å². The Kier molecular flexibility index (Phi) is 7.75. The van der Waals surface area contributed by atoms with Crippen molar-refractivity contribution in [1.82, 2.24) is 10.0 Å². The highest BCUT2D eigenvalue weighted by atomic mass is 32.2. The molecule has 2 amide bonds. The van der Waals surface area contributed by atoms with Crippen LogP contribution in [-0.4, -0.2) is 26.8 Å². The predicted octanol–water partition coefficient (Wildman–Crippen LogP) is 2.94. The van der Waals surface area contributed by atoms with Crippen molar-refractivity contribution in [3.05, 3.63) is 59.9 Å². The number of hydrogen-bond donors (Lipinski definition) is 3. The van der Waals surface area contributed by atoms with E-state index in [1.165, 1.54) is 0 Å². The van der Waals surface area contributed by atoms with Gasteiger partial charge in [0.1, 0.15) is 5.82 Å². The van der Waals surface area contributed by atoms with Crippen LogP contribution in [0, 0.1) is 11.7 Å². The third-order valence-electron chi connectivity index (χ3n) is 5.18. The monoisotopic (exact) mass is 447 g/mol. The number of carbonyl (C=O) groups is 2. The van der Waals surface area contributed by atoms with Crippen molar-refractivity contribution in [2.45, 2.75) is 43.5 Å². The topological polar surface area (TPSA) is 104 Å². The number of halogens is 1. The molecule has 0 saturated heterocycles. The molecular formula is C22H26FN3O4S. The van der Waals surface area contributed by atoms with Crippen molar-refractivity contribution in [2.24, 2.45) is 5.92 Å². The average molecular weight is 448 g/mol. The molecule has 0 heterocycles. The fourth-order valence-electron chi connectivity index (χ4n) is 3.48. The molecule has 1 saturated carbocycles. The first-order chi connectivity index (χ1) is 14.8. The Balaban J connectivity index is 1.43. The quantitative estimate of drug-likeness (QED) is 0.550. The second kappa shape index (κ2) is 10.5. The van der Waals surface area contributed by atoms with Gasteiger partial charge in [-0.1, -0.05) is 25.0 Å². The molecule has 2 aromatic rings. The standard InChI is InChI=1S/C22H26FN3O4S/c23-18-8-10-20(11-9-18)31(29,30)25-13-12-21(27)24-15-16-4-3-7-19(14-16)26-22(28)17-5-1-2-6-17/h3-4,7-11,14,17,25H,1-2,5-6,12-13,15H2,(H,24,27)(H,26,28). The number of anilines is 1. The number of amides is 2. The molecule has 0 atom stereocenters. The third-order valence-corrected chi connectivity index (χ3v) is 6.66. The lowest BCUT2D eigenvalue weighted by molar-refractivity contribution is -0.121. The number of hydrogen-bond acceptors (Lipinski definition) is 4. The van der Waals surface area contributed by atoms with Crippen molar-refractivity contribution in [2.75, 3.05) is 11.9 Å². The first-order valence-electron chi connectivity index (χ1n) is 10.3. The summed E-state index contributed by atoms with van der Waals surface area (Å²) in [6.07, 6.45) is 3.98. The highest BCUT2D eigenvalue weighted by molar-refractivity contribution is 7.89. The van der Waals surface area contributed by atoms with Crippen LogP contribution >= 0.6 is 0 Å². The van der Waals surface area contributed by atoms with Crippen LogP contribution < -0.4 is 15.4 Å². The van der Waals surface area contributed by atoms with Crippen LogP contribution in [0.4, 0.5) is 10.1 Å². The summed E-state index contributed by atoms with van der Waals surface area (Å²) in [6, 6.07) is 11.7. The fraction of sp³-hybridized carbons (Fsp3) is 0.364. The molecule has 0 unspecified atom stereocenters. The van der Waals surface area contributed by atoms with Gasteiger partial charge >= 0.3 is 0 Å². The molecule has 1 fully saturated rings. The van der Waals surface area contributed by atoms with Gasteiger partial charge in [0.25, 0.3) is 0 Å². The molecule has 31 heavy (non-hydrogen) atoms. The van der Waals surface area contributed by atoms with Crippen LogP contribution in [0.25, 0.3) is 0 Å². The normalized spacial score (nSPS) is 14.4. The summed E-state index contributed by atoms with van der Waals surface area (Å²) >= 11 is 0. The predicted molar refractivity (Wildman–Crippen MR) is 115 cm³/mol. The van der Waals surface area contributed by atoms with E-state index in [1.807, 2.05) is 24.3 Å². The van der Waals surface area contributed by atoms with Gasteiger partial charge in [-0.3, -0.25) is 9.59 Å². The molecule has 3 N–H and O–H groups in total. The second-order valence-electron chi connectivity index (χ2n) is 7.55. The zero-order valence-corrected chi connectivity index (χ0v) is 17.9. The van der Waals surface area contributed by atoms with Crippen molar-refractivity contribution >= 4 is 27.5 Å². The van der Waals surface area contributed by atoms with Crippen molar-refractivity contribution in [1.29, 1.82) is 0 Å². The molecule has 1 aliphatic carbocycles. The number of benzene rings is 2. The van der Waals surface area contributed by atoms with E-state index in [-0.39, 0.29) is 42.1 Å². The minimum atomic E-state index is -3.80. The van der Waals surface area contributed by atoms with Crippen LogP contribution in [-0.2, 0) is 26.2 Å². The Bertz CT molecular complexity index is 1020. The lowest BCUT2D eigenvalue weighted by Gasteiger charge is -2.12. The SMILES string of the molecule is O=C(CCNS(=O)(=O)c1ccc(F)cc1)NCc1cccc(NC(=O)C2CCCC2)c1. The zero-order valence-electron chi connectivity index (χ0n) is 17.1. The third kappa shape index (κ3) is 6.86. The van der Waals surface area contributed by atoms with Gasteiger partial charge < -0.3 is 10.6 Å². The minimum absolute atomic E-state index is 0.0344. The Morgan fingerprint density at radius 3 is 2.45 bits per heavy atom. The van der Waals surface area contributed by atoms with E-state index in [4.69, 9.17) is 0 Å². The molecule has 166 valence electrons. The molecular weight excluding hydrogens is 421 g/mol. The number of sulfonamides is 1. The number of carbonyl (C=O) groups excluding carboxylic acids is 2. The van der Waals surface area contributed by atoms with Crippen LogP contribution in [0.1, 0.15) is 37.7 Å². The average Bonchev–Trinajstić information content (AvgIpc) is 3.28. The summed E-state index contributed by atoms with van der Waals surface area (Å²) in [7, 11) is -3.80. The van der Waals surface area contributed by atoms with Gasteiger partial charge in [0.15, 0.2) is 0 Å². The second-order valence-corrected chi connectivity index (χ2v) is 9.32. The number of rotatable bonds is 9. The van der Waals surface area contributed by atoms with Gasteiger partial charge in [-0.15, -0.1) is 0 Å². The molecule has 2 aromatic carbocycles. The van der Waals surface area contributed by atoms with E-state index in [9.17, 15) is 22.4 Å². The van der Waals surface area contributed by atoms with Gasteiger partial charge in [-0.2, -0.15) is 0 Å². The van der Waals surface area contributed by atoms with E-state index in [0.717, 1.165) is 55.5 Å². The molecule has 3 rings (SSSR count). The molecule has 1 aliphatic rings. The highest BCUT2D eigenvalue weighted by Gasteiger charge is 2.22. The van der Waals surface area contributed by atoms with Crippen LogP contribution in [0.2, 0.25) is 0 Å². The van der Waals surface area contributed by atoms with Gasteiger partial charge in [0.2, 0.25) is 21.8 Å². The summed E-state index contributed by atoms with van der Waals surface area (Å²) in [6.45, 7) is 0.180. The molecule has 0 aromatic heterocycles. The van der Waals surface area contributed by atoms with Crippen LogP contribution in [0.5, 0.6) is 0 Å². The number of nitrogens with one attached hydrogen (secondary N) is 3. The lowest BCUT2D eigenvalue weighted by atomic mass is 10.1. The van der Waals surface area contributed by atoms with Gasteiger partial charge in [-0.25, -0.2) is 17.5 Å². The van der Waals surface area contributed by atoms with Crippen molar-refractivity contribution in [3.63, 3.8) is 0 Å². The van der Waals surface area contributed by atoms with Gasteiger partial charge in [-0.05, 0) is 54.8 Å². The first kappa shape index (κ1) is 22.9. The fourth-order valence-corrected chi connectivity index (χ4v) is 4.51. The van der Waals surface area contributed by atoms with E-state index < -0.39 is 15.8 Å². The maximum atomic E-state index is 12.9. The van der Waals surface area contributed by atoms with E-state index in [2.05, 4.69) is 15.4 Å². The largest absolute Gasteiger partial charge is 0.352 e. The Morgan fingerprint density at radius 1 is 1.03 bits per heavy atom.